The summed E-state index contributed by atoms with van der Waals surface area (Å²) in [6, 6.07) is 13.4. The van der Waals surface area contributed by atoms with E-state index in [9.17, 15) is 13.2 Å². The number of hydrogen-bond donors (Lipinski definition) is 0. The molecule has 0 bridgehead atoms. The highest BCUT2D eigenvalue weighted by Crippen LogP contribution is 2.23. The van der Waals surface area contributed by atoms with Gasteiger partial charge in [0.15, 0.2) is 0 Å². The molecule has 26 heavy (non-hydrogen) atoms. The number of carbonyl (C=O) groups excluding carboxylic acids is 1. The predicted molar refractivity (Wildman–Crippen MR) is 101 cm³/mol. The molecule has 0 saturated carbocycles. The molecule has 8 heteroatoms. The monoisotopic (exact) mass is 396 g/mol. The number of likely N-dealkylation sites (N-methyl/N-ethyl adjacent to an activating group) is 1. The lowest BCUT2D eigenvalue weighted by Gasteiger charge is -2.19. The molecule has 0 atom stereocenters. The molecule has 0 aliphatic heterocycles. The smallest absolute Gasteiger partial charge is 0.255 e. The van der Waals surface area contributed by atoms with Crippen LogP contribution in [0.4, 0.5) is 0 Å². The van der Waals surface area contributed by atoms with Gasteiger partial charge in [-0.2, -0.15) is 0 Å². The minimum Gasteiger partial charge on any atom is -0.492 e. The highest BCUT2D eigenvalue weighted by atomic mass is 35.5. The first-order valence-electron chi connectivity index (χ1n) is 7.89. The molecule has 2 rings (SSSR count). The number of ether oxygens (including phenoxy) is 1. The van der Waals surface area contributed by atoms with Gasteiger partial charge in [-0.25, -0.2) is 12.7 Å². The van der Waals surface area contributed by atoms with Crippen LogP contribution in [0.5, 0.6) is 5.75 Å². The number of nitrogens with zero attached hydrogens (tertiary/aromatic N) is 2. The highest BCUT2D eigenvalue weighted by Gasteiger charge is 2.22. The van der Waals surface area contributed by atoms with E-state index in [1.165, 1.54) is 37.2 Å². The van der Waals surface area contributed by atoms with Gasteiger partial charge in [0.25, 0.3) is 5.91 Å². The molecule has 0 radical (unpaired) electrons. The molecule has 0 aliphatic carbocycles. The average molecular weight is 397 g/mol. The first kappa shape index (κ1) is 20.2. The van der Waals surface area contributed by atoms with Crippen molar-refractivity contribution in [1.29, 1.82) is 0 Å². The summed E-state index contributed by atoms with van der Waals surface area (Å²) < 4.78 is 31.2. The maximum absolute atomic E-state index is 12.6. The van der Waals surface area contributed by atoms with E-state index in [1.54, 1.807) is 7.05 Å². The Morgan fingerprint density at radius 2 is 1.73 bits per heavy atom. The second kappa shape index (κ2) is 8.53. The molecule has 6 nitrogen and oxygen atoms in total. The van der Waals surface area contributed by atoms with Gasteiger partial charge in [-0.05, 0) is 30.3 Å². The van der Waals surface area contributed by atoms with E-state index in [0.717, 1.165) is 4.31 Å². The van der Waals surface area contributed by atoms with Crippen molar-refractivity contribution in [3.05, 3.63) is 59.1 Å². The van der Waals surface area contributed by atoms with Crippen molar-refractivity contribution >= 4 is 27.5 Å². The number of sulfonamides is 1. The third-order valence-electron chi connectivity index (χ3n) is 3.73. The largest absolute Gasteiger partial charge is 0.492 e. The minimum atomic E-state index is -3.65. The summed E-state index contributed by atoms with van der Waals surface area (Å²) in [6.45, 7) is 0.633. The zero-order valence-electron chi connectivity index (χ0n) is 14.8. The van der Waals surface area contributed by atoms with Crippen LogP contribution in [-0.2, 0) is 10.0 Å². The molecular formula is C18H21ClN2O4S. The van der Waals surface area contributed by atoms with Crippen LogP contribution in [0.2, 0.25) is 5.02 Å². The topological polar surface area (TPSA) is 66.9 Å². The van der Waals surface area contributed by atoms with Crippen molar-refractivity contribution in [1.82, 2.24) is 9.21 Å². The normalized spacial score (nSPS) is 11.4. The second-order valence-corrected chi connectivity index (χ2v) is 8.38. The van der Waals surface area contributed by atoms with Gasteiger partial charge in [-0.15, -0.1) is 0 Å². The number of amides is 1. The predicted octanol–water partition coefficient (Wildman–Crippen LogP) is 2.74. The van der Waals surface area contributed by atoms with Crippen molar-refractivity contribution in [3.8, 4) is 5.75 Å². The Hall–Kier alpha value is -2.09. The van der Waals surface area contributed by atoms with E-state index in [-0.39, 0.29) is 21.4 Å². The molecule has 0 aliphatic rings. The van der Waals surface area contributed by atoms with Crippen LogP contribution < -0.4 is 4.74 Å². The van der Waals surface area contributed by atoms with Crippen LogP contribution >= 0.6 is 11.6 Å². The zero-order valence-corrected chi connectivity index (χ0v) is 16.4. The van der Waals surface area contributed by atoms with E-state index in [4.69, 9.17) is 16.3 Å². The van der Waals surface area contributed by atoms with E-state index in [1.807, 2.05) is 30.3 Å². The molecule has 0 spiro atoms. The van der Waals surface area contributed by atoms with Crippen molar-refractivity contribution in [2.45, 2.75) is 4.90 Å². The molecule has 0 aromatic heterocycles. The molecule has 2 aromatic carbocycles. The first-order valence-corrected chi connectivity index (χ1v) is 9.70. The number of para-hydroxylation sites is 1. The van der Waals surface area contributed by atoms with E-state index >= 15 is 0 Å². The number of rotatable bonds is 7. The second-order valence-electron chi connectivity index (χ2n) is 5.82. The van der Waals surface area contributed by atoms with Crippen LogP contribution in [0.15, 0.2) is 53.4 Å². The van der Waals surface area contributed by atoms with E-state index < -0.39 is 10.0 Å². The summed E-state index contributed by atoms with van der Waals surface area (Å²) in [4.78, 5) is 14.1. The Bertz CT molecular complexity index is 870. The fourth-order valence-corrected chi connectivity index (χ4v) is 3.29. The minimum absolute atomic E-state index is 0.0178. The maximum atomic E-state index is 12.6. The lowest BCUT2D eigenvalue weighted by atomic mass is 10.2. The van der Waals surface area contributed by atoms with Crippen molar-refractivity contribution in [3.63, 3.8) is 0 Å². The Balaban J connectivity index is 2.10. The molecule has 1 amide bonds. The van der Waals surface area contributed by atoms with Crippen LogP contribution in [0.25, 0.3) is 0 Å². The van der Waals surface area contributed by atoms with Gasteiger partial charge >= 0.3 is 0 Å². The van der Waals surface area contributed by atoms with Gasteiger partial charge in [0.2, 0.25) is 10.0 Å². The van der Waals surface area contributed by atoms with Gasteiger partial charge < -0.3 is 9.64 Å². The number of carbonyl (C=O) groups is 1. The van der Waals surface area contributed by atoms with Crippen molar-refractivity contribution in [2.24, 2.45) is 0 Å². The number of halogens is 1. The highest BCUT2D eigenvalue weighted by molar-refractivity contribution is 7.89. The van der Waals surface area contributed by atoms with Crippen LogP contribution in [-0.4, -0.2) is 57.8 Å². The molecule has 2 aromatic rings. The summed E-state index contributed by atoms with van der Waals surface area (Å²) in [7, 11) is 0.820. The standard InChI is InChI=1S/C18H21ClN2O4S/c1-20(2)26(23,24)15-9-10-17(19)16(13-15)18(22)21(3)11-12-25-14-7-5-4-6-8-14/h4-10,13H,11-12H2,1-3H3. The summed E-state index contributed by atoms with van der Waals surface area (Å²) in [6.07, 6.45) is 0. The number of benzene rings is 2. The molecule has 0 fully saturated rings. The van der Waals surface area contributed by atoms with Crippen molar-refractivity contribution < 1.29 is 17.9 Å². The van der Waals surface area contributed by atoms with E-state index in [0.29, 0.717) is 18.9 Å². The van der Waals surface area contributed by atoms with Crippen LogP contribution in [0.3, 0.4) is 0 Å². The quantitative estimate of drug-likeness (QED) is 0.721. The third-order valence-corrected chi connectivity index (χ3v) is 5.87. The summed E-state index contributed by atoms with van der Waals surface area (Å²) in [5.74, 6) is 0.341. The number of hydrogen-bond acceptors (Lipinski definition) is 4. The van der Waals surface area contributed by atoms with Crippen molar-refractivity contribution in [2.75, 3.05) is 34.3 Å². The molecule has 0 heterocycles. The van der Waals surface area contributed by atoms with Crippen LogP contribution in [0.1, 0.15) is 10.4 Å². The SMILES string of the molecule is CN(CCOc1ccccc1)C(=O)c1cc(S(=O)(=O)N(C)C)ccc1Cl. The third kappa shape index (κ3) is 4.75. The lowest BCUT2D eigenvalue weighted by molar-refractivity contribution is 0.0773. The Morgan fingerprint density at radius 3 is 2.35 bits per heavy atom. The lowest BCUT2D eigenvalue weighted by Crippen LogP contribution is -2.31. The zero-order chi connectivity index (χ0) is 19.3. The summed E-state index contributed by atoms with van der Waals surface area (Å²) >= 11 is 6.11. The summed E-state index contributed by atoms with van der Waals surface area (Å²) in [5, 5.41) is 0.198. The fraction of sp³-hybridized carbons (Fsp3) is 0.278. The van der Waals surface area contributed by atoms with E-state index in [2.05, 4.69) is 0 Å². The molecular weight excluding hydrogens is 376 g/mol. The van der Waals surface area contributed by atoms with Gasteiger partial charge in [0, 0.05) is 21.1 Å². The average Bonchev–Trinajstić information content (AvgIpc) is 2.62. The summed E-state index contributed by atoms with van der Waals surface area (Å²) in [5.41, 5.74) is 0.136. The van der Waals surface area contributed by atoms with Gasteiger partial charge in [-0.3, -0.25) is 4.79 Å². The molecule has 0 unspecified atom stereocenters. The van der Waals surface area contributed by atoms with Crippen LogP contribution in [0, 0.1) is 0 Å². The van der Waals surface area contributed by atoms with Gasteiger partial charge in [0.1, 0.15) is 12.4 Å². The Morgan fingerprint density at radius 1 is 1.08 bits per heavy atom. The molecule has 140 valence electrons. The Labute approximate surface area is 159 Å². The molecule has 0 N–H and O–H groups in total. The Kier molecular flexibility index (Phi) is 6.63. The first-order chi connectivity index (χ1) is 12.2. The fourth-order valence-electron chi connectivity index (χ4n) is 2.16. The van der Waals surface area contributed by atoms with Gasteiger partial charge in [-0.1, -0.05) is 29.8 Å². The van der Waals surface area contributed by atoms with Gasteiger partial charge in [0.05, 0.1) is 22.0 Å². The molecule has 0 saturated heterocycles. The maximum Gasteiger partial charge on any atom is 0.255 e.